The fourth-order valence-electron chi connectivity index (χ4n) is 0.523. The minimum Gasteiger partial charge on any atom is -0.415 e. The van der Waals surface area contributed by atoms with E-state index in [1.54, 1.807) is 6.92 Å². The number of hydrogen-bond acceptors (Lipinski definition) is 2. The Kier molecular flexibility index (Phi) is 6.00. The first-order valence-electron chi connectivity index (χ1n) is 3.54. The minimum atomic E-state index is -0.267. The van der Waals surface area contributed by atoms with Crippen LogP contribution in [0.1, 0.15) is 26.7 Å². The third kappa shape index (κ3) is 5.46. The van der Waals surface area contributed by atoms with E-state index in [-0.39, 0.29) is 6.29 Å². The fourth-order valence-corrected chi connectivity index (χ4v) is 0.523. The summed E-state index contributed by atoms with van der Waals surface area (Å²) in [5, 5.41) is 0. The van der Waals surface area contributed by atoms with Gasteiger partial charge in [0.05, 0.1) is 6.61 Å². The lowest BCUT2D eigenvalue weighted by Gasteiger charge is -2.08. The second-order valence-corrected chi connectivity index (χ2v) is 2.03. The standard InChI is InChI=1S/C8H14O2/c1-4-6-7-10-8(3)9-5-2/h2,8H,4,6-7H2,1,3H3. The molecule has 10 heavy (non-hydrogen) atoms. The molecule has 2 nitrogen and oxygen atoms in total. The quantitative estimate of drug-likeness (QED) is 0.331. The van der Waals surface area contributed by atoms with Gasteiger partial charge in [-0.15, -0.1) is 0 Å². The highest BCUT2D eigenvalue weighted by atomic mass is 16.7. The van der Waals surface area contributed by atoms with Crippen molar-refractivity contribution in [1.29, 1.82) is 0 Å². The molecule has 0 aliphatic heterocycles. The van der Waals surface area contributed by atoms with Crippen LogP contribution in [-0.2, 0) is 9.47 Å². The zero-order valence-electron chi connectivity index (χ0n) is 6.59. The normalized spacial score (nSPS) is 12.1. The molecule has 1 atom stereocenters. The molecule has 0 rings (SSSR count). The van der Waals surface area contributed by atoms with E-state index in [0.29, 0.717) is 0 Å². The van der Waals surface area contributed by atoms with Gasteiger partial charge in [-0.05, 0) is 13.3 Å². The largest absolute Gasteiger partial charge is 0.415 e. The van der Waals surface area contributed by atoms with Crippen molar-refractivity contribution in [2.75, 3.05) is 6.61 Å². The van der Waals surface area contributed by atoms with Gasteiger partial charge in [0.1, 0.15) is 6.11 Å². The lowest BCUT2D eigenvalue weighted by Crippen LogP contribution is -2.10. The first-order valence-corrected chi connectivity index (χ1v) is 3.54. The van der Waals surface area contributed by atoms with Crippen LogP contribution in [0, 0.1) is 12.5 Å². The van der Waals surface area contributed by atoms with Crippen molar-refractivity contribution in [3.63, 3.8) is 0 Å². The molecule has 0 fully saturated rings. The Balaban J connectivity index is 3.06. The van der Waals surface area contributed by atoms with Crippen LogP contribution in [0.15, 0.2) is 0 Å². The van der Waals surface area contributed by atoms with Crippen LogP contribution >= 0.6 is 0 Å². The first-order chi connectivity index (χ1) is 4.81. The first kappa shape index (κ1) is 9.32. The van der Waals surface area contributed by atoms with Crippen LogP contribution in [-0.4, -0.2) is 12.9 Å². The molecule has 0 bridgehead atoms. The molecule has 0 saturated heterocycles. The van der Waals surface area contributed by atoms with E-state index in [4.69, 9.17) is 15.9 Å². The maximum atomic E-state index is 5.16. The maximum absolute atomic E-state index is 5.16. The summed E-state index contributed by atoms with van der Waals surface area (Å²) in [4.78, 5) is 0. The van der Waals surface area contributed by atoms with Crippen LogP contribution in [0.25, 0.3) is 0 Å². The van der Waals surface area contributed by atoms with Crippen molar-refractivity contribution in [2.45, 2.75) is 33.0 Å². The topological polar surface area (TPSA) is 18.5 Å². The molecular formula is C8H14O2. The van der Waals surface area contributed by atoms with Gasteiger partial charge in [0, 0.05) is 0 Å². The third-order valence-corrected chi connectivity index (χ3v) is 1.08. The Morgan fingerprint density at radius 2 is 2.30 bits per heavy atom. The number of ether oxygens (including phenoxy) is 2. The molecule has 0 aromatic rings. The Morgan fingerprint density at radius 3 is 2.80 bits per heavy atom. The zero-order valence-corrected chi connectivity index (χ0v) is 6.59. The van der Waals surface area contributed by atoms with Gasteiger partial charge in [0.2, 0.25) is 6.29 Å². The average molecular weight is 142 g/mol. The second-order valence-electron chi connectivity index (χ2n) is 2.03. The minimum absolute atomic E-state index is 0.267. The van der Waals surface area contributed by atoms with Gasteiger partial charge in [-0.1, -0.05) is 19.8 Å². The van der Waals surface area contributed by atoms with Crippen molar-refractivity contribution in [3.8, 4) is 12.5 Å². The zero-order chi connectivity index (χ0) is 7.82. The van der Waals surface area contributed by atoms with Gasteiger partial charge >= 0.3 is 0 Å². The van der Waals surface area contributed by atoms with E-state index in [1.807, 2.05) is 0 Å². The third-order valence-electron chi connectivity index (χ3n) is 1.08. The van der Waals surface area contributed by atoms with E-state index in [1.165, 1.54) is 0 Å². The lowest BCUT2D eigenvalue weighted by atomic mass is 10.4. The number of terminal acetylenes is 1. The Morgan fingerprint density at radius 1 is 1.60 bits per heavy atom. The Labute approximate surface area is 62.5 Å². The van der Waals surface area contributed by atoms with E-state index in [2.05, 4.69) is 13.0 Å². The van der Waals surface area contributed by atoms with Crippen LogP contribution in [0.2, 0.25) is 0 Å². The maximum Gasteiger partial charge on any atom is 0.207 e. The highest BCUT2D eigenvalue weighted by Crippen LogP contribution is 1.94. The van der Waals surface area contributed by atoms with E-state index >= 15 is 0 Å². The fraction of sp³-hybridized carbons (Fsp3) is 0.750. The molecule has 0 aromatic heterocycles. The summed E-state index contributed by atoms with van der Waals surface area (Å²) in [7, 11) is 0. The summed E-state index contributed by atoms with van der Waals surface area (Å²) in [6.45, 7) is 4.62. The highest BCUT2D eigenvalue weighted by Gasteiger charge is 1.97. The molecule has 0 amide bonds. The molecule has 58 valence electrons. The smallest absolute Gasteiger partial charge is 0.207 e. The molecule has 0 radical (unpaired) electrons. The van der Waals surface area contributed by atoms with Crippen molar-refractivity contribution in [2.24, 2.45) is 0 Å². The van der Waals surface area contributed by atoms with Gasteiger partial charge in [-0.3, -0.25) is 0 Å². The lowest BCUT2D eigenvalue weighted by molar-refractivity contribution is -0.0845. The van der Waals surface area contributed by atoms with Gasteiger partial charge in [-0.2, -0.15) is 0 Å². The highest BCUT2D eigenvalue weighted by molar-refractivity contribution is 4.68. The van der Waals surface area contributed by atoms with Gasteiger partial charge in [0.25, 0.3) is 0 Å². The predicted molar refractivity (Wildman–Crippen MR) is 40.2 cm³/mol. The van der Waals surface area contributed by atoms with Crippen molar-refractivity contribution >= 4 is 0 Å². The number of unbranched alkanes of at least 4 members (excludes halogenated alkanes) is 1. The summed E-state index contributed by atoms with van der Waals surface area (Å²) >= 11 is 0. The van der Waals surface area contributed by atoms with Crippen molar-refractivity contribution < 1.29 is 9.47 Å². The monoisotopic (exact) mass is 142 g/mol. The van der Waals surface area contributed by atoms with Crippen molar-refractivity contribution in [3.05, 3.63) is 0 Å². The van der Waals surface area contributed by atoms with Crippen LogP contribution < -0.4 is 0 Å². The van der Waals surface area contributed by atoms with E-state index in [9.17, 15) is 0 Å². The second kappa shape index (κ2) is 6.44. The summed E-state index contributed by atoms with van der Waals surface area (Å²) in [6, 6.07) is 0. The van der Waals surface area contributed by atoms with E-state index in [0.717, 1.165) is 19.4 Å². The van der Waals surface area contributed by atoms with Crippen LogP contribution in [0.5, 0.6) is 0 Å². The Hall–Kier alpha value is -0.680. The predicted octanol–water partition coefficient (Wildman–Crippen LogP) is 1.76. The summed E-state index contributed by atoms with van der Waals surface area (Å²) < 4.78 is 9.85. The van der Waals surface area contributed by atoms with Crippen LogP contribution in [0.3, 0.4) is 0 Å². The summed E-state index contributed by atoms with van der Waals surface area (Å²) in [5.41, 5.74) is 0. The molecule has 0 spiro atoms. The SMILES string of the molecule is C#COC(C)OCCCC. The number of hydrogen-bond donors (Lipinski definition) is 0. The van der Waals surface area contributed by atoms with Gasteiger partial charge in [-0.25, -0.2) is 0 Å². The Bertz CT molecular complexity index is 104. The molecule has 0 heterocycles. The van der Waals surface area contributed by atoms with Crippen LogP contribution in [0.4, 0.5) is 0 Å². The summed E-state index contributed by atoms with van der Waals surface area (Å²) in [6.07, 6.45) is 8.87. The molecular weight excluding hydrogens is 128 g/mol. The molecule has 1 unspecified atom stereocenters. The molecule has 0 N–H and O–H groups in total. The van der Waals surface area contributed by atoms with Gasteiger partial charge < -0.3 is 9.47 Å². The van der Waals surface area contributed by atoms with Gasteiger partial charge in [0.15, 0.2) is 0 Å². The van der Waals surface area contributed by atoms with E-state index < -0.39 is 0 Å². The molecule has 2 heteroatoms. The average Bonchev–Trinajstić information content (AvgIpc) is 1.89. The van der Waals surface area contributed by atoms with Crippen molar-refractivity contribution in [1.82, 2.24) is 0 Å². The molecule has 0 saturated carbocycles. The molecule has 0 aliphatic rings. The molecule has 0 aliphatic carbocycles. The number of rotatable bonds is 5. The summed E-state index contributed by atoms with van der Waals surface area (Å²) in [5.74, 6) is 0. The molecule has 0 aromatic carbocycles.